The van der Waals surface area contributed by atoms with Gasteiger partial charge in [0, 0.05) is 16.3 Å². The lowest BCUT2D eigenvalue weighted by atomic mass is 10.1. The molecule has 210 valence electrons. The topological polar surface area (TPSA) is 111 Å². The number of aromatic nitrogens is 2. The fourth-order valence-corrected chi connectivity index (χ4v) is 5.10. The molecule has 0 saturated carbocycles. The number of nitriles is 1. The number of methoxy groups -OCH3 is 1. The number of aromatic amines is 1. The van der Waals surface area contributed by atoms with Crippen LogP contribution in [0.2, 0.25) is 5.02 Å². The van der Waals surface area contributed by atoms with Crippen LogP contribution in [0.5, 0.6) is 17.2 Å². The van der Waals surface area contributed by atoms with E-state index in [0.717, 1.165) is 16.2 Å². The molecule has 0 spiro atoms. The Morgan fingerprint density at radius 2 is 1.69 bits per heavy atom. The van der Waals surface area contributed by atoms with Gasteiger partial charge in [-0.15, -0.1) is 0 Å². The van der Waals surface area contributed by atoms with E-state index < -0.39 is 5.56 Å². The Morgan fingerprint density at radius 1 is 0.952 bits per heavy atom. The number of halogens is 1. The summed E-state index contributed by atoms with van der Waals surface area (Å²) in [6, 6.07) is 31.1. The van der Waals surface area contributed by atoms with Crippen LogP contribution < -0.4 is 20.1 Å². The molecule has 0 bridgehead atoms. The molecule has 5 aromatic rings. The number of ether oxygens (including phenoxy) is 2. The van der Waals surface area contributed by atoms with Crippen molar-refractivity contribution >= 4 is 29.1 Å². The highest BCUT2D eigenvalue weighted by Crippen LogP contribution is 2.28. The van der Waals surface area contributed by atoms with Gasteiger partial charge in [0.05, 0.1) is 25.0 Å². The molecular formula is C32H25ClN4O4S. The summed E-state index contributed by atoms with van der Waals surface area (Å²) in [4.78, 5) is 19.9. The smallest absolute Gasteiger partial charge is 0.270 e. The maximum atomic E-state index is 12.7. The molecule has 42 heavy (non-hydrogen) atoms. The van der Waals surface area contributed by atoms with E-state index in [4.69, 9.17) is 21.1 Å². The summed E-state index contributed by atoms with van der Waals surface area (Å²) in [5.74, 6) is 2.37. The Hall–Kier alpha value is -4.75. The monoisotopic (exact) mass is 596 g/mol. The normalized spacial score (nSPS) is 10.6. The number of benzene rings is 4. The van der Waals surface area contributed by atoms with E-state index in [1.165, 1.54) is 11.8 Å². The Labute approximate surface area is 251 Å². The summed E-state index contributed by atoms with van der Waals surface area (Å²) in [7, 11) is 1.55. The molecule has 10 heteroatoms. The second-order valence-electron chi connectivity index (χ2n) is 9.16. The zero-order chi connectivity index (χ0) is 29.5. The van der Waals surface area contributed by atoms with Gasteiger partial charge in [-0.2, -0.15) is 5.26 Å². The second kappa shape index (κ2) is 13.3. The molecule has 2 N–H and O–H groups in total. The molecule has 0 aliphatic heterocycles. The lowest BCUT2D eigenvalue weighted by molar-refractivity contribution is 0.249. The standard InChI is InChI=1S/C32H25ClN4O4S/c1-40-27-9-4-7-23(17-27)30-29(18-34)31(38)36-32(35-30)42-20-22-6-2-8-25(15-22)37(39)19-21-5-3-10-28(16-21)41-26-13-11-24(33)12-14-26/h2-17,39H,19-20H2,1H3,(H,35,36,38). The summed E-state index contributed by atoms with van der Waals surface area (Å²) in [6.45, 7) is 0.239. The van der Waals surface area contributed by atoms with E-state index in [-0.39, 0.29) is 12.1 Å². The first-order valence-corrected chi connectivity index (χ1v) is 14.2. The Morgan fingerprint density at radius 3 is 2.48 bits per heavy atom. The van der Waals surface area contributed by atoms with Crippen molar-refractivity contribution in [3.05, 3.63) is 129 Å². The summed E-state index contributed by atoms with van der Waals surface area (Å²) >= 11 is 7.27. The molecule has 0 aliphatic rings. The first-order chi connectivity index (χ1) is 20.4. The van der Waals surface area contributed by atoms with Crippen LogP contribution in [-0.2, 0) is 12.3 Å². The number of H-pyrrole nitrogens is 1. The molecule has 1 heterocycles. The molecular weight excluding hydrogens is 572 g/mol. The number of thioether (sulfide) groups is 1. The van der Waals surface area contributed by atoms with E-state index in [1.807, 2.05) is 54.6 Å². The van der Waals surface area contributed by atoms with E-state index in [2.05, 4.69) is 9.97 Å². The third-order valence-corrected chi connectivity index (χ3v) is 7.41. The third-order valence-electron chi connectivity index (χ3n) is 6.22. The molecule has 0 unspecified atom stereocenters. The molecule has 4 aromatic carbocycles. The molecule has 0 aliphatic carbocycles. The first-order valence-electron chi connectivity index (χ1n) is 12.8. The molecule has 0 atom stereocenters. The predicted octanol–water partition coefficient (Wildman–Crippen LogP) is 7.45. The van der Waals surface area contributed by atoms with Gasteiger partial charge >= 0.3 is 0 Å². The molecule has 1 aromatic heterocycles. The minimum absolute atomic E-state index is 0.0619. The fraction of sp³-hybridized carbons (Fsp3) is 0.0938. The van der Waals surface area contributed by atoms with Gasteiger partial charge in [-0.1, -0.05) is 59.8 Å². The zero-order valence-electron chi connectivity index (χ0n) is 22.5. The summed E-state index contributed by atoms with van der Waals surface area (Å²) < 4.78 is 11.2. The Bertz CT molecular complexity index is 1800. The van der Waals surface area contributed by atoms with Crippen LogP contribution >= 0.6 is 23.4 Å². The number of nitrogens with one attached hydrogen (secondary N) is 1. The maximum Gasteiger partial charge on any atom is 0.270 e. The number of hydroxylamine groups is 1. The van der Waals surface area contributed by atoms with Gasteiger partial charge in [0.15, 0.2) is 5.16 Å². The van der Waals surface area contributed by atoms with Crippen molar-refractivity contribution in [1.29, 1.82) is 5.26 Å². The van der Waals surface area contributed by atoms with Gasteiger partial charge in [-0.05, 0) is 71.8 Å². The van der Waals surface area contributed by atoms with Crippen molar-refractivity contribution in [2.45, 2.75) is 17.5 Å². The summed E-state index contributed by atoms with van der Waals surface area (Å²) in [5.41, 5.74) is 2.70. The van der Waals surface area contributed by atoms with Crippen molar-refractivity contribution in [2.24, 2.45) is 0 Å². The largest absolute Gasteiger partial charge is 0.497 e. The lowest BCUT2D eigenvalue weighted by Gasteiger charge is -2.18. The number of hydrogen-bond acceptors (Lipinski definition) is 8. The van der Waals surface area contributed by atoms with Crippen LogP contribution in [0.25, 0.3) is 11.3 Å². The highest BCUT2D eigenvalue weighted by molar-refractivity contribution is 7.98. The lowest BCUT2D eigenvalue weighted by Crippen LogP contribution is -2.17. The molecule has 0 amide bonds. The number of nitrogens with zero attached hydrogens (tertiary/aromatic N) is 3. The van der Waals surface area contributed by atoms with Crippen molar-refractivity contribution in [2.75, 3.05) is 12.2 Å². The van der Waals surface area contributed by atoms with Crippen LogP contribution in [0.15, 0.2) is 107 Å². The van der Waals surface area contributed by atoms with Crippen molar-refractivity contribution in [3.63, 3.8) is 0 Å². The zero-order valence-corrected chi connectivity index (χ0v) is 24.0. The van der Waals surface area contributed by atoms with Gasteiger partial charge < -0.3 is 14.5 Å². The van der Waals surface area contributed by atoms with E-state index in [9.17, 15) is 15.3 Å². The minimum atomic E-state index is -0.509. The van der Waals surface area contributed by atoms with Crippen molar-refractivity contribution in [3.8, 4) is 34.6 Å². The number of hydrogen-bond donors (Lipinski definition) is 2. The quantitative estimate of drug-likeness (QED) is 0.0971. The van der Waals surface area contributed by atoms with Gasteiger partial charge in [0.25, 0.3) is 5.56 Å². The third kappa shape index (κ3) is 7.11. The fourth-order valence-electron chi connectivity index (χ4n) is 4.17. The van der Waals surface area contributed by atoms with Gasteiger partial charge in [0.1, 0.15) is 28.9 Å². The average molecular weight is 597 g/mol. The van der Waals surface area contributed by atoms with E-state index >= 15 is 0 Å². The van der Waals surface area contributed by atoms with Crippen LogP contribution in [0.4, 0.5) is 5.69 Å². The van der Waals surface area contributed by atoms with Crippen LogP contribution in [0, 0.1) is 11.3 Å². The first kappa shape index (κ1) is 28.8. The predicted molar refractivity (Wildman–Crippen MR) is 164 cm³/mol. The van der Waals surface area contributed by atoms with Crippen LogP contribution in [0.3, 0.4) is 0 Å². The van der Waals surface area contributed by atoms with Crippen LogP contribution in [-0.4, -0.2) is 22.3 Å². The SMILES string of the molecule is COc1cccc(-c2nc(SCc3cccc(N(O)Cc4cccc(Oc5ccc(Cl)cc5)c4)c3)[nH]c(=O)c2C#N)c1. The minimum Gasteiger partial charge on any atom is -0.497 e. The number of anilines is 1. The highest BCUT2D eigenvalue weighted by atomic mass is 35.5. The van der Waals surface area contributed by atoms with Crippen LogP contribution in [0.1, 0.15) is 16.7 Å². The van der Waals surface area contributed by atoms with Crippen molar-refractivity contribution < 1.29 is 14.7 Å². The highest BCUT2D eigenvalue weighted by Gasteiger charge is 2.15. The van der Waals surface area contributed by atoms with E-state index in [0.29, 0.717) is 50.1 Å². The summed E-state index contributed by atoms with van der Waals surface area (Å²) in [6.07, 6.45) is 0. The second-order valence-corrected chi connectivity index (χ2v) is 10.6. The molecule has 8 nitrogen and oxygen atoms in total. The van der Waals surface area contributed by atoms with E-state index in [1.54, 1.807) is 55.6 Å². The maximum absolute atomic E-state index is 12.7. The van der Waals surface area contributed by atoms with Crippen molar-refractivity contribution in [1.82, 2.24) is 9.97 Å². The van der Waals surface area contributed by atoms with Gasteiger partial charge in [0.2, 0.25) is 0 Å². The Kier molecular flexibility index (Phi) is 9.09. The number of rotatable bonds is 10. The van der Waals surface area contributed by atoms with Gasteiger partial charge in [-0.25, -0.2) is 4.98 Å². The Balaban J connectivity index is 1.28. The molecule has 5 rings (SSSR count). The average Bonchev–Trinajstić information content (AvgIpc) is 3.01. The molecule has 0 saturated heterocycles. The molecule has 0 radical (unpaired) electrons. The summed E-state index contributed by atoms with van der Waals surface area (Å²) in [5, 5.41) is 22.6. The van der Waals surface area contributed by atoms with Gasteiger partial charge in [-0.3, -0.25) is 15.1 Å². The molecule has 0 fully saturated rings.